The van der Waals surface area contributed by atoms with Crippen LogP contribution >= 0.6 is 0 Å². The first-order chi connectivity index (χ1) is 19.1. The zero-order chi connectivity index (χ0) is 27.3. The van der Waals surface area contributed by atoms with Crippen molar-refractivity contribution in [1.29, 1.82) is 0 Å². The summed E-state index contributed by atoms with van der Waals surface area (Å²) in [5, 5.41) is 0. The van der Waals surface area contributed by atoms with E-state index in [-0.39, 0.29) is 5.82 Å². The summed E-state index contributed by atoms with van der Waals surface area (Å²) in [6, 6.07) is 14.2. The Morgan fingerprint density at radius 3 is 2.31 bits per heavy atom. The van der Waals surface area contributed by atoms with Gasteiger partial charge in [0.1, 0.15) is 11.6 Å². The standard InChI is InChI=1S/C36H51FO2/c1-3-4-5-8-29-12-21-34(22-13-29)38-25-6-7-26-39-35-23-14-30(15-24-35)11-18-32-19-20-33(27-36(32)37)31-16-9-28(2)10-17-31/h14-15,19-20,23-24,27,29,31,34H,2-13,16-18,21-22,25-26H2,1H3. The van der Waals surface area contributed by atoms with Crippen molar-refractivity contribution in [3.8, 4) is 5.75 Å². The van der Waals surface area contributed by atoms with Gasteiger partial charge < -0.3 is 9.47 Å². The highest BCUT2D eigenvalue weighted by molar-refractivity contribution is 5.31. The molecule has 0 spiro atoms. The largest absolute Gasteiger partial charge is 0.494 e. The molecule has 2 nitrogen and oxygen atoms in total. The molecule has 0 aromatic heterocycles. The fraction of sp³-hybridized carbons (Fsp3) is 0.611. The number of hydrogen-bond donors (Lipinski definition) is 0. The van der Waals surface area contributed by atoms with Gasteiger partial charge in [0.25, 0.3) is 0 Å². The normalized spacial score (nSPS) is 20.3. The molecule has 0 radical (unpaired) electrons. The van der Waals surface area contributed by atoms with Crippen LogP contribution in [0.4, 0.5) is 4.39 Å². The van der Waals surface area contributed by atoms with Crippen molar-refractivity contribution in [2.24, 2.45) is 5.92 Å². The van der Waals surface area contributed by atoms with Crippen LogP contribution in [-0.4, -0.2) is 19.3 Å². The number of benzene rings is 2. The van der Waals surface area contributed by atoms with E-state index in [1.807, 2.05) is 18.2 Å². The van der Waals surface area contributed by atoms with E-state index in [1.165, 1.54) is 62.8 Å². The molecule has 2 fully saturated rings. The first-order valence-electron chi connectivity index (χ1n) is 15.9. The maximum absolute atomic E-state index is 14.8. The van der Waals surface area contributed by atoms with E-state index in [2.05, 4.69) is 32.0 Å². The summed E-state index contributed by atoms with van der Waals surface area (Å²) >= 11 is 0. The smallest absolute Gasteiger partial charge is 0.126 e. The number of halogens is 1. The summed E-state index contributed by atoms with van der Waals surface area (Å²) in [6.07, 6.45) is 19.2. The van der Waals surface area contributed by atoms with Crippen LogP contribution in [0.15, 0.2) is 42.5 Å². The van der Waals surface area contributed by atoms with Crippen molar-refractivity contribution in [2.45, 2.75) is 122 Å². The van der Waals surface area contributed by atoms with E-state index >= 15 is 0 Å². The number of ether oxygens (including phenoxy) is 2. The van der Waals surface area contributed by atoms with Gasteiger partial charge in [0, 0.05) is 6.61 Å². The van der Waals surface area contributed by atoms with Crippen molar-refractivity contribution >= 4 is 0 Å². The van der Waals surface area contributed by atoms with Gasteiger partial charge in [-0.15, -0.1) is 6.92 Å². The molecule has 0 amide bonds. The Kier molecular flexibility index (Phi) is 12.5. The van der Waals surface area contributed by atoms with Crippen LogP contribution in [-0.2, 0) is 17.6 Å². The molecule has 0 aliphatic heterocycles. The van der Waals surface area contributed by atoms with Gasteiger partial charge in [-0.2, -0.15) is 0 Å². The molecule has 2 aromatic carbocycles. The lowest BCUT2D eigenvalue weighted by Crippen LogP contribution is -2.22. The highest BCUT2D eigenvalue weighted by atomic mass is 19.1. The molecule has 214 valence electrons. The van der Waals surface area contributed by atoms with Crippen LogP contribution in [0.5, 0.6) is 5.75 Å². The quantitative estimate of drug-likeness (QED) is 0.167. The Morgan fingerprint density at radius 2 is 1.59 bits per heavy atom. The summed E-state index contributed by atoms with van der Waals surface area (Å²) in [7, 11) is 0. The third-order valence-corrected chi connectivity index (χ3v) is 9.02. The molecule has 4 rings (SSSR count). The monoisotopic (exact) mass is 534 g/mol. The Morgan fingerprint density at radius 1 is 0.846 bits per heavy atom. The lowest BCUT2D eigenvalue weighted by Gasteiger charge is -2.28. The SMILES string of the molecule is [CH2-][C+]1CCC(c2ccc(CCc3ccc(OCCCCOC4CCC(CCCCC)CC4)cc3)c(F)c2)CC1. The molecule has 2 aromatic rings. The van der Waals surface area contributed by atoms with Crippen LogP contribution in [0.2, 0.25) is 0 Å². The maximum atomic E-state index is 14.8. The zero-order valence-corrected chi connectivity index (χ0v) is 24.4. The maximum Gasteiger partial charge on any atom is 0.126 e. The van der Waals surface area contributed by atoms with Gasteiger partial charge in [0.2, 0.25) is 0 Å². The fourth-order valence-electron chi connectivity index (χ4n) is 6.33. The fourth-order valence-corrected chi connectivity index (χ4v) is 6.33. The highest BCUT2D eigenvalue weighted by Gasteiger charge is 2.23. The first-order valence-corrected chi connectivity index (χ1v) is 15.9. The van der Waals surface area contributed by atoms with E-state index < -0.39 is 0 Å². The van der Waals surface area contributed by atoms with Gasteiger partial charge in [-0.3, -0.25) is 0 Å². The molecule has 0 bridgehead atoms. The topological polar surface area (TPSA) is 18.5 Å². The van der Waals surface area contributed by atoms with Gasteiger partial charge in [-0.25, -0.2) is 4.39 Å². The van der Waals surface area contributed by atoms with Crippen molar-refractivity contribution in [1.82, 2.24) is 0 Å². The predicted molar refractivity (Wildman–Crippen MR) is 161 cm³/mol. The first kappa shape index (κ1) is 30.0. The van der Waals surface area contributed by atoms with E-state index in [1.54, 1.807) is 6.07 Å². The van der Waals surface area contributed by atoms with E-state index in [0.717, 1.165) is 81.0 Å². The Labute approximate surface area is 238 Å². The molecule has 2 aliphatic rings. The van der Waals surface area contributed by atoms with E-state index in [4.69, 9.17) is 9.47 Å². The number of rotatable bonds is 15. The minimum Gasteiger partial charge on any atom is -0.494 e. The summed E-state index contributed by atoms with van der Waals surface area (Å²) in [6.45, 7) is 7.95. The zero-order valence-electron chi connectivity index (χ0n) is 24.4. The summed E-state index contributed by atoms with van der Waals surface area (Å²) < 4.78 is 26.9. The average molecular weight is 535 g/mol. The number of hydrogen-bond acceptors (Lipinski definition) is 2. The average Bonchev–Trinajstić information content (AvgIpc) is 2.96. The Bertz CT molecular complexity index is 939. The van der Waals surface area contributed by atoms with Crippen LogP contribution in [0, 0.1) is 24.6 Å². The molecule has 3 heteroatoms. The highest BCUT2D eigenvalue weighted by Crippen LogP contribution is 2.37. The Hall–Kier alpha value is -2.00. The molecule has 0 N–H and O–H groups in total. The molecule has 2 aliphatic carbocycles. The summed E-state index contributed by atoms with van der Waals surface area (Å²) in [5.74, 6) is 3.61. The number of aryl methyl sites for hydroxylation is 2. The molecule has 0 unspecified atom stereocenters. The minimum absolute atomic E-state index is 0.0593. The summed E-state index contributed by atoms with van der Waals surface area (Å²) in [4.78, 5) is 0. The van der Waals surface area contributed by atoms with Crippen LogP contribution in [0.3, 0.4) is 0 Å². The van der Waals surface area contributed by atoms with Gasteiger partial charge in [0.15, 0.2) is 0 Å². The van der Waals surface area contributed by atoms with E-state index in [9.17, 15) is 4.39 Å². The van der Waals surface area contributed by atoms with Crippen LogP contribution in [0.1, 0.15) is 119 Å². The third-order valence-electron chi connectivity index (χ3n) is 9.02. The molecule has 39 heavy (non-hydrogen) atoms. The second-order valence-electron chi connectivity index (χ2n) is 12.1. The van der Waals surface area contributed by atoms with Gasteiger partial charge >= 0.3 is 0 Å². The van der Waals surface area contributed by atoms with Crippen molar-refractivity contribution in [3.05, 3.63) is 77.8 Å². The second-order valence-corrected chi connectivity index (χ2v) is 12.1. The van der Waals surface area contributed by atoms with E-state index in [0.29, 0.717) is 18.4 Å². The molecular weight excluding hydrogens is 483 g/mol. The number of unbranched alkanes of at least 4 members (excludes halogenated alkanes) is 3. The molecule has 0 saturated heterocycles. The molecule has 2 saturated carbocycles. The van der Waals surface area contributed by atoms with Crippen LogP contribution < -0.4 is 4.74 Å². The Balaban J connectivity index is 1.07. The third kappa shape index (κ3) is 10.2. The minimum atomic E-state index is -0.0593. The molecular formula is C36H51FO2. The van der Waals surface area contributed by atoms with Gasteiger partial charge in [-0.1, -0.05) is 62.8 Å². The van der Waals surface area contributed by atoms with Gasteiger partial charge in [-0.05, 0) is 111 Å². The summed E-state index contributed by atoms with van der Waals surface area (Å²) in [5.41, 5.74) is 3.17. The van der Waals surface area contributed by atoms with Crippen molar-refractivity contribution < 1.29 is 13.9 Å². The predicted octanol–water partition coefficient (Wildman–Crippen LogP) is 9.99. The lowest BCUT2D eigenvalue weighted by atomic mass is 9.79. The second kappa shape index (κ2) is 16.3. The lowest BCUT2D eigenvalue weighted by molar-refractivity contribution is 0.0142. The molecule has 0 heterocycles. The van der Waals surface area contributed by atoms with Crippen LogP contribution in [0.25, 0.3) is 0 Å². The van der Waals surface area contributed by atoms with Crippen molar-refractivity contribution in [2.75, 3.05) is 13.2 Å². The van der Waals surface area contributed by atoms with Gasteiger partial charge in [0.05, 0.1) is 25.6 Å². The van der Waals surface area contributed by atoms with Crippen molar-refractivity contribution in [3.63, 3.8) is 0 Å². The molecule has 0 atom stereocenters.